The van der Waals surface area contributed by atoms with Gasteiger partial charge in [0, 0.05) is 32.2 Å². The van der Waals surface area contributed by atoms with Gasteiger partial charge in [0.05, 0.1) is 24.2 Å². The maximum Gasteiger partial charge on any atom is 0.243 e. The zero-order valence-corrected chi connectivity index (χ0v) is 19.9. The highest BCUT2D eigenvalue weighted by molar-refractivity contribution is 7.89. The average molecular weight is 465 g/mol. The molecule has 0 bridgehead atoms. The molecule has 32 heavy (non-hydrogen) atoms. The zero-order valence-electron chi connectivity index (χ0n) is 19.1. The number of hydrogen-bond acceptors (Lipinski definition) is 6. The van der Waals surface area contributed by atoms with Crippen molar-refractivity contribution in [2.75, 3.05) is 58.2 Å². The Morgan fingerprint density at radius 2 is 1.72 bits per heavy atom. The number of carbonyl (C=O) groups excluding carboxylic acids is 1. The van der Waals surface area contributed by atoms with Crippen LogP contribution in [0.4, 0.5) is 5.69 Å². The first kappa shape index (κ1) is 23.5. The molecule has 1 atom stereocenters. The minimum Gasteiger partial charge on any atom is -0.495 e. The number of sulfonamides is 1. The van der Waals surface area contributed by atoms with Crippen molar-refractivity contribution in [3.05, 3.63) is 18.2 Å². The first-order valence-electron chi connectivity index (χ1n) is 11.9. The fourth-order valence-electron chi connectivity index (χ4n) is 5.13. The van der Waals surface area contributed by atoms with Crippen LogP contribution in [0.5, 0.6) is 5.75 Å². The number of likely N-dealkylation sites (tertiary alicyclic amines) is 2. The molecule has 1 unspecified atom stereocenters. The van der Waals surface area contributed by atoms with Crippen molar-refractivity contribution in [1.29, 1.82) is 0 Å². The number of ether oxygens (including phenoxy) is 1. The van der Waals surface area contributed by atoms with E-state index in [9.17, 15) is 13.2 Å². The molecule has 0 saturated carbocycles. The summed E-state index contributed by atoms with van der Waals surface area (Å²) in [6, 6.07) is 5.27. The molecule has 3 fully saturated rings. The van der Waals surface area contributed by atoms with E-state index in [2.05, 4.69) is 15.1 Å². The van der Waals surface area contributed by atoms with Crippen molar-refractivity contribution in [3.63, 3.8) is 0 Å². The predicted molar refractivity (Wildman–Crippen MR) is 125 cm³/mol. The van der Waals surface area contributed by atoms with Gasteiger partial charge >= 0.3 is 0 Å². The summed E-state index contributed by atoms with van der Waals surface area (Å²) in [6.07, 6.45) is 7.53. The molecule has 0 spiro atoms. The molecule has 1 amide bonds. The Hall–Kier alpha value is -1.68. The van der Waals surface area contributed by atoms with Gasteiger partial charge in [-0.2, -0.15) is 4.31 Å². The van der Waals surface area contributed by atoms with Gasteiger partial charge in [0.15, 0.2) is 0 Å². The number of nitrogens with one attached hydrogen (secondary N) is 1. The van der Waals surface area contributed by atoms with E-state index in [0.29, 0.717) is 37.1 Å². The first-order chi connectivity index (χ1) is 15.5. The topological polar surface area (TPSA) is 82.2 Å². The second-order valence-electron chi connectivity index (χ2n) is 9.15. The Balaban J connectivity index is 1.41. The normalized spacial score (nSPS) is 23.8. The number of nitrogens with zero attached hydrogens (tertiary/aromatic N) is 3. The molecule has 0 aromatic heterocycles. The number of rotatable bonds is 7. The van der Waals surface area contributed by atoms with Crippen molar-refractivity contribution >= 4 is 21.6 Å². The van der Waals surface area contributed by atoms with E-state index in [-0.39, 0.29) is 10.8 Å². The van der Waals surface area contributed by atoms with E-state index in [0.717, 1.165) is 45.2 Å². The summed E-state index contributed by atoms with van der Waals surface area (Å²) in [6.45, 7) is 5.55. The molecule has 1 aromatic carbocycles. The number of hydrogen-bond donors (Lipinski definition) is 1. The van der Waals surface area contributed by atoms with Gasteiger partial charge in [-0.3, -0.25) is 14.6 Å². The lowest BCUT2D eigenvalue weighted by Crippen LogP contribution is -2.37. The Kier molecular flexibility index (Phi) is 7.70. The van der Waals surface area contributed by atoms with Crippen LogP contribution >= 0.6 is 0 Å². The van der Waals surface area contributed by atoms with E-state index < -0.39 is 10.0 Å². The number of anilines is 1. The molecular weight excluding hydrogens is 428 g/mol. The third-order valence-electron chi connectivity index (χ3n) is 6.92. The summed E-state index contributed by atoms with van der Waals surface area (Å²) in [5, 5.41) is 2.90. The third-order valence-corrected chi connectivity index (χ3v) is 8.81. The predicted octanol–water partition coefficient (Wildman–Crippen LogP) is 2.37. The smallest absolute Gasteiger partial charge is 0.243 e. The van der Waals surface area contributed by atoms with Gasteiger partial charge in [-0.05, 0) is 63.4 Å². The molecular formula is C23H36N4O4S. The van der Waals surface area contributed by atoms with Gasteiger partial charge in [-0.25, -0.2) is 8.42 Å². The minimum atomic E-state index is -3.60. The van der Waals surface area contributed by atoms with E-state index in [4.69, 9.17) is 4.74 Å². The van der Waals surface area contributed by atoms with E-state index in [1.807, 2.05) is 0 Å². The van der Waals surface area contributed by atoms with Gasteiger partial charge in [0.1, 0.15) is 5.75 Å². The number of benzene rings is 1. The largest absolute Gasteiger partial charge is 0.495 e. The van der Waals surface area contributed by atoms with Gasteiger partial charge in [0.2, 0.25) is 15.9 Å². The maximum atomic E-state index is 13.2. The van der Waals surface area contributed by atoms with Crippen molar-refractivity contribution in [2.45, 2.75) is 55.9 Å². The van der Waals surface area contributed by atoms with Crippen LogP contribution in [0.25, 0.3) is 0 Å². The molecule has 3 aliphatic heterocycles. The molecule has 0 aliphatic carbocycles. The quantitative estimate of drug-likeness (QED) is 0.667. The van der Waals surface area contributed by atoms with Gasteiger partial charge < -0.3 is 10.1 Å². The number of amides is 1. The molecule has 4 rings (SSSR count). The fourth-order valence-corrected chi connectivity index (χ4v) is 6.67. The Morgan fingerprint density at radius 3 is 2.41 bits per heavy atom. The summed E-state index contributed by atoms with van der Waals surface area (Å²) < 4.78 is 33.3. The second kappa shape index (κ2) is 10.5. The maximum absolute atomic E-state index is 13.2. The molecule has 3 aliphatic rings. The van der Waals surface area contributed by atoms with Crippen LogP contribution in [0, 0.1) is 0 Å². The van der Waals surface area contributed by atoms with Crippen LogP contribution in [0.15, 0.2) is 23.1 Å². The van der Waals surface area contributed by atoms with Crippen molar-refractivity contribution in [1.82, 2.24) is 14.1 Å². The summed E-state index contributed by atoms with van der Waals surface area (Å²) in [4.78, 5) is 17.7. The van der Waals surface area contributed by atoms with Crippen LogP contribution in [0.1, 0.15) is 44.9 Å². The number of methoxy groups -OCH3 is 1. The third kappa shape index (κ3) is 5.44. The van der Waals surface area contributed by atoms with Crippen molar-refractivity contribution < 1.29 is 17.9 Å². The lowest BCUT2D eigenvalue weighted by molar-refractivity contribution is -0.117. The molecule has 0 radical (unpaired) electrons. The van der Waals surface area contributed by atoms with Crippen LogP contribution in [-0.4, -0.2) is 87.4 Å². The molecule has 3 saturated heterocycles. The molecule has 178 valence electrons. The standard InChI is InChI=1S/C23H36N4O4S/c1-31-22-9-8-20(32(29,30)27-13-4-2-3-5-14-27)16-21(22)24-23(28)18-25-15-10-19(17-25)26-11-6-7-12-26/h8-9,16,19H,2-7,10-15,17-18H2,1H3,(H,24,28). The molecule has 1 N–H and O–H groups in total. The van der Waals surface area contributed by atoms with Crippen LogP contribution in [0.2, 0.25) is 0 Å². The van der Waals surface area contributed by atoms with E-state index in [1.165, 1.54) is 39.1 Å². The highest BCUT2D eigenvalue weighted by atomic mass is 32.2. The zero-order chi connectivity index (χ0) is 22.6. The minimum absolute atomic E-state index is 0.144. The lowest BCUT2D eigenvalue weighted by atomic mass is 10.2. The summed E-state index contributed by atoms with van der Waals surface area (Å²) >= 11 is 0. The molecule has 1 aromatic rings. The molecule has 8 nitrogen and oxygen atoms in total. The fraction of sp³-hybridized carbons (Fsp3) is 0.696. The van der Waals surface area contributed by atoms with Crippen LogP contribution < -0.4 is 10.1 Å². The van der Waals surface area contributed by atoms with Crippen molar-refractivity contribution in [2.24, 2.45) is 0 Å². The SMILES string of the molecule is COc1ccc(S(=O)(=O)N2CCCCCC2)cc1NC(=O)CN1CCC(N2CCCC2)C1. The van der Waals surface area contributed by atoms with Crippen LogP contribution in [0.3, 0.4) is 0 Å². The summed E-state index contributed by atoms with van der Waals surface area (Å²) in [7, 11) is -2.07. The Morgan fingerprint density at radius 1 is 1.03 bits per heavy atom. The second-order valence-corrected chi connectivity index (χ2v) is 11.1. The summed E-state index contributed by atoms with van der Waals surface area (Å²) in [5.41, 5.74) is 0.406. The lowest BCUT2D eigenvalue weighted by Gasteiger charge is -2.23. The van der Waals surface area contributed by atoms with E-state index in [1.54, 1.807) is 16.4 Å². The first-order valence-corrected chi connectivity index (χ1v) is 13.4. The van der Waals surface area contributed by atoms with Crippen LogP contribution in [-0.2, 0) is 14.8 Å². The Labute approximate surface area is 191 Å². The van der Waals surface area contributed by atoms with Gasteiger partial charge in [-0.15, -0.1) is 0 Å². The highest BCUT2D eigenvalue weighted by Crippen LogP contribution is 2.30. The van der Waals surface area contributed by atoms with Gasteiger partial charge in [0.25, 0.3) is 0 Å². The molecule has 3 heterocycles. The van der Waals surface area contributed by atoms with Gasteiger partial charge in [-0.1, -0.05) is 12.8 Å². The number of carbonyl (C=O) groups is 1. The average Bonchev–Trinajstić information content (AvgIpc) is 3.39. The van der Waals surface area contributed by atoms with Crippen molar-refractivity contribution in [3.8, 4) is 5.75 Å². The highest BCUT2D eigenvalue weighted by Gasteiger charge is 2.30. The molecule has 9 heteroatoms. The van der Waals surface area contributed by atoms with E-state index >= 15 is 0 Å². The monoisotopic (exact) mass is 464 g/mol. The summed E-state index contributed by atoms with van der Waals surface area (Å²) in [5.74, 6) is 0.319. The Bertz CT molecular complexity index is 893.